The second kappa shape index (κ2) is 5.36. The summed E-state index contributed by atoms with van der Waals surface area (Å²) in [7, 11) is 0. The zero-order chi connectivity index (χ0) is 12.4. The van der Waals surface area contributed by atoms with E-state index in [-0.39, 0.29) is 24.0 Å². The van der Waals surface area contributed by atoms with E-state index in [1.807, 2.05) is 18.7 Å². The zero-order valence-corrected chi connectivity index (χ0v) is 10.9. The molecule has 4 heteroatoms. The first-order valence-corrected chi connectivity index (χ1v) is 6.75. The fraction of sp³-hybridized carbons (Fsp3) is 0.923. The number of carbonyl (C=O) groups excluding carboxylic acids is 1. The van der Waals surface area contributed by atoms with Gasteiger partial charge < -0.3 is 15.4 Å². The highest BCUT2D eigenvalue weighted by molar-refractivity contribution is 5.79. The quantitative estimate of drug-likeness (QED) is 0.783. The molecule has 1 amide bonds. The van der Waals surface area contributed by atoms with Gasteiger partial charge in [-0.25, -0.2) is 0 Å². The Balaban J connectivity index is 1.94. The van der Waals surface area contributed by atoms with E-state index in [9.17, 15) is 4.79 Å². The Morgan fingerprint density at radius 3 is 2.82 bits per heavy atom. The highest BCUT2D eigenvalue weighted by atomic mass is 16.5. The van der Waals surface area contributed by atoms with Crippen LogP contribution in [0.2, 0.25) is 0 Å². The topological polar surface area (TPSA) is 55.6 Å². The lowest BCUT2D eigenvalue weighted by Gasteiger charge is -2.36. The van der Waals surface area contributed by atoms with Crippen LogP contribution in [0, 0.1) is 11.8 Å². The number of nitrogens with two attached hydrogens (primary N) is 1. The molecule has 2 N–H and O–H groups in total. The fourth-order valence-electron chi connectivity index (χ4n) is 2.93. The first-order chi connectivity index (χ1) is 8.09. The minimum absolute atomic E-state index is 0.0711. The summed E-state index contributed by atoms with van der Waals surface area (Å²) in [5.74, 6) is 0.813. The number of amides is 1. The van der Waals surface area contributed by atoms with Crippen LogP contribution in [0.3, 0.4) is 0 Å². The maximum Gasteiger partial charge on any atom is 0.228 e. The molecule has 4 atom stereocenters. The third kappa shape index (κ3) is 2.80. The molecule has 4 unspecified atom stereocenters. The predicted molar refractivity (Wildman–Crippen MR) is 66.5 cm³/mol. The number of piperidine rings is 1. The summed E-state index contributed by atoms with van der Waals surface area (Å²) in [5.41, 5.74) is 5.95. The Kier molecular flexibility index (Phi) is 4.05. The maximum atomic E-state index is 12.4. The average Bonchev–Trinajstić information content (AvgIpc) is 2.74. The van der Waals surface area contributed by atoms with E-state index in [1.54, 1.807) is 0 Å². The third-order valence-electron chi connectivity index (χ3n) is 4.21. The van der Waals surface area contributed by atoms with Crippen molar-refractivity contribution in [1.29, 1.82) is 0 Å². The van der Waals surface area contributed by atoms with Gasteiger partial charge in [-0.05, 0) is 39.0 Å². The Bertz CT molecular complexity index is 281. The van der Waals surface area contributed by atoms with Gasteiger partial charge in [-0.1, -0.05) is 0 Å². The van der Waals surface area contributed by atoms with Crippen LogP contribution in [0.4, 0.5) is 0 Å². The molecule has 17 heavy (non-hydrogen) atoms. The molecule has 0 bridgehead atoms. The number of nitrogens with zero attached hydrogens (tertiary/aromatic N) is 1. The normalized spacial score (nSPS) is 35.9. The van der Waals surface area contributed by atoms with Crippen molar-refractivity contribution in [3.8, 4) is 0 Å². The van der Waals surface area contributed by atoms with Crippen molar-refractivity contribution in [2.24, 2.45) is 17.6 Å². The lowest BCUT2D eigenvalue weighted by atomic mass is 9.90. The van der Waals surface area contributed by atoms with Crippen molar-refractivity contribution in [3.63, 3.8) is 0 Å². The summed E-state index contributed by atoms with van der Waals surface area (Å²) in [6, 6.07) is 0.183. The summed E-state index contributed by atoms with van der Waals surface area (Å²) < 4.78 is 5.48. The number of hydrogen-bond donors (Lipinski definition) is 1. The van der Waals surface area contributed by atoms with Gasteiger partial charge in [0.1, 0.15) is 0 Å². The van der Waals surface area contributed by atoms with E-state index in [0.717, 1.165) is 39.0 Å². The Hall–Kier alpha value is -0.610. The molecule has 4 nitrogen and oxygen atoms in total. The second-order valence-corrected chi connectivity index (χ2v) is 5.52. The van der Waals surface area contributed by atoms with E-state index in [2.05, 4.69) is 0 Å². The molecular formula is C13H24N2O2. The number of rotatable bonds is 2. The molecule has 0 radical (unpaired) electrons. The highest BCUT2D eigenvalue weighted by Gasteiger charge is 2.35. The minimum Gasteiger partial charge on any atom is -0.378 e. The maximum absolute atomic E-state index is 12.4. The monoisotopic (exact) mass is 240 g/mol. The van der Waals surface area contributed by atoms with Crippen molar-refractivity contribution >= 4 is 5.91 Å². The van der Waals surface area contributed by atoms with E-state index in [4.69, 9.17) is 10.5 Å². The van der Waals surface area contributed by atoms with Gasteiger partial charge in [0.05, 0.1) is 12.0 Å². The lowest BCUT2D eigenvalue weighted by Crippen LogP contribution is -2.47. The number of carbonyl (C=O) groups is 1. The van der Waals surface area contributed by atoms with Crippen molar-refractivity contribution < 1.29 is 9.53 Å². The first-order valence-electron chi connectivity index (χ1n) is 6.75. The fourth-order valence-corrected chi connectivity index (χ4v) is 2.93. The van der Waals surface area contributed by atoms with Gasteiger partial charge in [0.2, 0.25) is 5.91 Å². The first kappa shape index (κ1) is 12.8. The Labute approximate surface area is 103 Å². The largest absolute Gasteiger partial charge is 0.378 e. The van der Waals surface area contributed by atoms with E-state index in [0.29, 0.717) is 5.92 Å². The van der Waals surface area contributed by atoms with Gasteiger partial charge in [0, 0.05) is 25.7 Å². The van der Waals surface area contributed by atoms with Gasteiger partial charge in [-0.3, -0.25) is 4.79 Å². The van der Waals surface area contributed by atoms with Gasteiger partial charge in [-0.2, -0.15) is 0 Å². The van der Waals surface area contributed by atoms with Crippen LogP contribution < -0.4 is 5.73 Å². The molecular weight excluding hydrogens is 216 g/mol. The van der Waals surface area contributed by atoms with Gasteiger partial charge in [-0.15, -0.1) is 0 Å². The van der Waals surface area contributed by atoms with Crippen LogP contribution in [0.15, 0.2) is 0 Å². The smallest absolute Gasteiger partial charge is 0.228 e. The van der Waals surface area contributed by atoms with E-state index >= 15 is 0 Å². The van der Waals surface area contributed by atoms with E-state index < -0.39 is 0 Å². The summed E-state index contributed by atoms with van der Waals surface area (Å²) in [5, 5.41) is 0. The van der Waals surface area contributed by atoms with Crippen LogP contribution in [-0.2, 0) is 9.53 Å². The number of hydrogen-bond acceptors (Lipinski definition) is 3. The van der Waals surface area contributed by atoms with Crippen LogP contribution in [0.1, 0.15) is 33.1 Å². The summed E-state index contributed by atoms with van der Waals surface area (Å²) in [6.07, 6.45) is 3.19. The summed E-state index contributed by atoms with van der Waals surface area (Å²) in [4.78, 5) is 14.4. The molecule has 0 aromatic carbocycles. The van der Waals surface area contributed by atoms with E-state index in [1.165, 1.54) is 0 Å². The molecule has 0 aliphatic carbocycles. The zero-order valence-electron chi connectivity index (χ0n) is 10.9. The summed E-state index contributed by atoms with van der Waals surface area (Å²) >= 11 is 0. The molecule has 0 saturated carbocycles. The molecule has 2 aliphatic heterocycles. The standard InChI is InChI=1S/C13H24N2O2/c1-9(14)11-4-3-6-15(8-11)13(16)12-5-7-17-10(12)2/h9-12H,3-8,14H2,1-2H3. The lowest BCUT2D eigenvalue weighted by molar-refractivity contribution is -0.138. The molecule has 2 aliphatic rings. The molecule has 0 aromatic rings. The average molecular weight is 240 g/mol. The van der Waals surface area contributed by atoms with Crippen molar-refractivity contribution in [2.75, 3.05) is 19.7 Å². The molecule has 2 saturated heterocycles. The third-order valence-corrected chi connectivity index (χ3v) is 4.21. The number of likely N-dealkylation sites (tertiary alicyclic amines) is 1. The Morgan fingerprint density at radius 2 is 2.24 bits per heavy atom. The second-order valence-electron chi connectivity index (χ2n) is 5.52. The van der Waals surface area contributed by atoms with Crippen molar-refractivity contribution in [3.05, 3.63) is 0 Å². The SMILES string of the molecule is CC(N)C1CCCN(C(=O)C2CCOC2C)C1. The predicted octanol–water partition coefficient (Wildman–Crippen LogP) is 0.997. The molecule has 2 heterocycles. The van der Waals surface area contributed by atoms with Crippen LogP contribution >= 0.6 is 0 Å². The molecule has 0 aromatic heterocycles. The van der Waals surface area contributed by atoms with Crippen LogP contribution in [-0.4, -0.2) is 42.6 Å². The molecule has 0 spiro atoms. The van der Waals surface area contributed by atoms with Gasteiger partial charge in [0.25, 0.3) is 0 Å². The van der Waals surface area contributed by atoms with Crippen LogP contribution in [0.25, 0.3) is 0 Å². The van der Waals surface area contributed by atoms with Gasteiger partial charge >= 0.3 is 0 Å². The molecule has 2 rings (SSSR count). The summed E-state index contributed by atoms with van der Waals surface area (Å²) in [6.45, 7) is 6.50. The minimum atomic E-state index is 0.0711. The van der Waals surface area contributed by atoms with Crippen molar-refractivity contribution in [1.82, 2.24) is 4.90 Å². The van der Waals surface area contributed by atoms with Crippen LogP contribution in [0.5, 0.6) is 0 Å². The van der Waals surface area contributed by atoms with Crippen molar-refractivity contribution in [2.45, 2.75) is 45.3 Å². The highest BCUT2D eigenvalue weighted by Crippen LogP contribution is 2.26. The molecule has 98 valence electrons. The van der Waals surface area contributed by atoms with Gasteiger partial charge in [0.15, 0.2) is 0 Å². The molecule has 2 fully saturated rings. The Morgan fingerprint density at radius 1 is 1.47 bits per heavy atom. The number of ether oxygens (including phenoxy) is 1.